The summed E-state index contributed by atoms with van der Waals surface area (Å²) in [5.74, 6) is -0.0427. The first-order valence-electron chi connectivity index (χ1n) is 7.34. The van der Waals surface area contributed by atoms with Crippen LogP contribution in [0.2, 0.25) is 0 Å². The molecule has 0 fully saturated rings. The smallest absolute Gasteiger partial charge is 0.312 e. The van der Waals surface area contributed by atoms with Crippen molar-refractivity contribution in [2.45, 2.75) is 27.3 Å². The molecule has 0 saturated heterocycles. The highest BCUT2D eigenvalue weighted by molar-refractivity contribution is 5.93. The van der Waals surface area contributed by atoms with Gasteiger partial charge in [0.05, 0.1) is 11.5 Å². The van der Waals surface area contributed by atoms with Crippen LogP contribution < -0.4 is 5.32 Å². The van der Waals surface area contributed by atoms with Crippen molar-refractivity contribution in [2.24, 2.45) is 0 Å². The number of nitro groups is 1. The number of hydrogen-bond acceptors (Lipinski definition) is 7. The summed E-state index contributed by atoms with van der Waals surface area (Å²) in [5.41, 5.74) is 0.401. The lowest BCUT2D eigenvalue weighted by Gasteiger charge is -2.16. The molecule has 0 aromatic carbocycles. The van der Waals surface area contributed by atoms with Gasteiger partial charge >= 0.3 is 5.69 Å². The molecule has 2 aromatic rings. The van der Waals surface area contributed by atoms with Crippen molar-refractivity contribution in [3.63, 3.8) is 0 Å². The molecule has 0 bridgehead atoms. The van der Waals surface area contributed by atoms with Crippen LogP contribution in [-0.4, -0.2) is 50.2 Å². The Kier molecular flexibility index (Phi) is 5.15. The summed E-state index contributed by atoms with van der Waals surface area (Å²) in [7, 11) is 1.45. The van der Waals surface area contributed by atoms with Crippen molar-refractivity contribution in [3.8, 4) is 0 Å². The van der Waals surface area contributed by atoms with Gasteiger partial charge in [0.2, 0.25) is 11.8 Å². The van der Waals surface area contributed by atoms with E-state index in [-0.39, 0.29) is 36.0 Å². The van der Waals surface area contributed by atoms with Crippen LogP contribution in [0, 0.1) is 30.9 Å². The van der Waals surface area contributed by atoms with Crippen LogP contribution >= 0.6 is 0 Å². The molecule has 0 aliphatic heterocycles. The van der Waals surface area contributed by atoms with Crippen LogP contribution in [0.3, 0.4) is 0 Å². The van der Waals surface area contributed by atoms with E-state index >= 15 is 0 Å². The SMILES string of the molecule is Cc1cc(NC(=O)CN(C)C(=O)Cn2nc(C)c([N+](=O)[O-])c2C)no1. The van der Waals surface area contributed by atoms with Gasteiger partial charge in [-0.15, -0.1) is 0 Å². The Balaban J connectivity index is 1.97. The molecule has 0 radical (unpaired) electrons. The second-order valence-electron chi connectivity index (χ2n) is 5.55. The summed E-state index contributed by atoms with van der Waals surface area (Å²) in [5, 5.41) is 21.1. The van der Waals surface area contributed by atoms with Gasteiger partial charge in [0.25, 0.3) is 0 Å². The van der Waals surface area contributed by atoms with E-state index in [1.165, 1.54) is 30.5 Å². The molecule has 2 amide bonds. The lowest BCUT2D eigenvalue weighted by molar-refractivity contribution is -0.386. The van der Waals surface area contributed by atoms with Crippen LogP contribution in [0.4, 0.5) is 11.5 Å². The Morgan fingerprint density at radius 1 is 1.40 bits per heavy atom. The zero-order chi connectivity index (χ0) is 18.7. The van der Waals surface area contributed by atoms with Gasteiger partial charge in [0.15, 0.2) is 5.82 Å². The Bertz CT molecular complexity index is 824. The van der Waals surface area contributed by atoms with E-state index in [4.69, 9.17) is 4.52 Å². The topological polar surface area (TPSA) is 136 Å². The Hall–Kier alpha value is -3.24. The van der Waals surface area contributed by atoms with E-state index in [0.717, 1.165) is 0 Å². The second-order valence-corrected chi connectivity index (χ2v) is 5.55. The van der Waals surface area contributed by atoms with Crippen molar-refractivity contribution < 1.29 is 19.0 Å². The summed E-state index contributed by atoms with van der Waals surface area (Å²) in [6, 6.07) is 1.55. The lowest BCUT2D eigenvalue weighted by Crippen LogP contribution is -2.37. The number of rotatable bonds is 6. The summed E-state index contributed by atoms with van der Waals surface area (Å²) in [6.07, 6.45) is 0. The number of likely N-dealkylation sites (N-methyl/N-ethyl adjacent to an activating group) is 1. The molecule has 2 aromatic heterocycles. The summed E-state index contributed by atoms with van der Waals surface area (Å²) >= 11 is 0. The van der Waals surface area contributed by atoms with Crippen LogP contribution in [0.1, 0.15) is 17.1 Å². The zero-order valence-electron chi connectivity index (χ0n) is 14.3. The number of nitrogens with one attached hydrogen (secondary N) is 1. The van der Waals surface area contributed by atoms with E-state index in [2.05, 4.69) is 15.6 Å². The third-order valence-corrected chi connectivity index (χ3v) is 3.51. The van der Waals surface area contributed by atoms with Crippen molar-refractivity contribution in [1.82, 2.24) is 19.8 Å². The predicted octanol–water partition coefficient (Wildman–Crippen LogP) is 0.802. The van der Waals surface area contributed by atoms with E-state index < -0.39 is 16.7 Å². The first-order valence-corrected chi connectivity index (χ1v) is 7.34. The quantitative estimate of drug-likeness (QED) is 0.601. The monoisotopic (exact) mass is 350 g/mol. The standard InChI is InChI=1S/C14H18N6O5/c1-8-5-11(17-25-8)15-12(21)6-18(4)13(22)7-19-10(3)14(20(23)24)9(2)16-19/h5H,6-7H2,1-4H3,(H,15,17,21). The number of carbonyl (C=O) groups is 2. The van der Waals surface area contributed by atoms with Crippen molar-refractivity contribution in [1.29, 1.82) is 0 Å². The van der Waals surface area contributed by atoms with E-state index in [1.54, 1.807) is 13.0 Å². The zero-order valence-corrected chi connectivity index (χ0v) is 14.3. The molecule has 2 rings (SSSR count). The van der Waals surface area contributed by atoms with E-state index in [1.807, 2.05) is 0 Å². The molecule has 11 nitrogen and oxygen atoms in total. The van der Waals surface area contributed by atoms with Crippen molar-refractivity contribution >= 4 is 23.3 Å². The Morgan fingerprint density at radius 2 is 2.08 bits per heavy atom. The normalized spacial score (nSPS) is 10.6. The van der Waals surface area contributed by atoms with Crippen LogP contribution in [0.5, 0.6) is 0 Å². The number of aryl methyl sites for hydroxylation is 2. The largest absolute Gasteiger partial charge is 0.360 e. The Morgan fingerprint density at radius 3 is 2.60 bits per heavy atom. The molecule has 2 heterocycles. The molecule has 0 atom stereocenters. The van der Waals surface area contributed by atoms with Crippen molar-refractivity contribution in [2.75, 3.05) is 18.9 Å². The molecule has 0 aliphatic carbocycles. The second kappa shape index (κ2) is 7.11. The Labute approximate surface area is 142 Å². The maximum atomic E-state index is 12.2. The number of amides is 2. The van der Waals surface area contributed by atoms with Gasteiger partial charge in [-0.05, 0) is 20.8 Å². The van der Waals surface area contributed by atoms with Gasteiger partial charge in [-0.3, -0.25) is 24.4 Å². The van der Waals surface area contributed by atoms with E-state index in [9.17, 15) is 19.7 Å². The molecule has 0 spiro atoms. The fraction of sp³-hybridized carbons (Fsp3) is 0.429. The summed E-state index contributed by atoms with van der Waals surface area (Å²) < 4.78 is 6.09. The first kappa shape index (κ1) is 18.1. The van der Waals surface area contributed by atoms with Crippen LogP contribution in [-0.2, 0) is 16.1 Å². The van der Waals surface area contributed by atoms with Gasteiger partial charge in [0, 0.05) is 13.1 Å². The highest BCUT2D eigenvalue weighted by Gasteiger charge is 2.24. The van der Waals surface area contributed by atoms with Gasteiger partial charge in [0.1, 0.15) is 23.7 Å². The predicted molar refractivity (Wildman–Crippen MR) is 85.9 cm³/mol. The van der Waals surface area contributed by atoms with Crippen LogP contribution in [0.25, 0.3) is 0 Å². The maximum absolute atomic E-state index is 12.2. The fourth-order valence-corrected chi connectivity index (χ4v) is 2.27. The molecule has 0 aliphatic rings. The molecule has 25 heavy (non-hydrogen) atoms. The third-order valence-electron chi connectivity index (χ3n) is 3.51. The summed E-state index contributed by atoms with van der Waals surface area (Å²) in [6.45, 7) is 4.31. The molecule has 11 heteroatoms. The van der Waals surface area contributed by atoms with E-state index in [0.29, 0.717) is 5.76 Å². The minimum atomic E-state index is -0.532. The number of anilines is 1. The minimum absolute atomic E-state index is 0.116. The molecule has 0 unspecified atom stereocenters. The molecule has 1 N–H and O–H groups in total. The first-order chi connectivity index (χ1) is 11.7. The van der Waals surface area contributed by atoms with Crippen molar-refractivity contribution in [3.05, 3.63) is 33.3 Å². The average molecular weight is 350 g/mol. The van der Waals surface area contributed by atoms with Gasteiger partial charge in [-0.25, -0.2) is 0 Å². The molecular formula is C14H18N6O5. The minimum Gasteiger partial charge on any atom is -0.360 e. The number of hydrogen-bond donors (Lipinski definition) is 1. The lowest BCUT2D eigenvalue weighted by atomic mass is 10.3. The maximum Gasteiger partial charge on any atom is 0.312 e. The molecular weight excluding hydrogens is 332 g/mol. The van der Waals surface area contributed by atoms with Gasteiger partial charge < -0.3 is 14.7 Å². The van der Waals surface area contributed by atoms with Gasteiger partial charge in [-0.1, -0.05) is 5.16 Å². The molecule has 0 saturated carbocycles. The number of carbonyl (C=O) groups excluding carboxylic acids is 2. The average Bonchev–Trinajstić information content (AvgIpc) is 3.02. The summed E-state index contributed by atoms with van der Waals surface area (Å²) in [4.78, 5) is 35.8. The van der Waals surface area contributed by atoms with Crippen LogP contribution in [0.15, 0.2) is 10.6 Å². The highest BCUT2D eigenvalue weighted by Crippen LogP contribution is 2.21. The van der Waals surface area contributed by atoms with Gasteiger partial charge in [-0.2, -0.15) is 5.10 Å². The number of nitrogens with zero attached hydrogens (tertiary/aromatic N) is 5. The highest BCUT2D eigenvalue weighted by atomic mass is 16.6. The molecule has 134 valence electrons. The number of aromatic nitrogens is 3. The fourth-order valence-electron chi connectivity index (χ4n) is 2.27. The third kappa shape index (κ3) is 4.19.